The van der Waals surface area contributed by atoms with Gasteiger partial charge in [0.2, 0.25) is 11.8 Å². The number of nitrogens with one attached hydrogen (secondary N) is 2. The van der Waals surface area contributed by atoms with Crippen LogP contribution in [0.2, 0.25) is 0 Å². The van der Waals surface area contributed by atoms with Crippen LogP contribution in [0.3, 0.4) is 0 Å². The summed E-state index contributed by atoms with van der Waals surface area (Å²) in [5.41, 5.74) is 0. The van der Waals surface area contributed by atoms with Gasteiger partial charge in [0, 0.05) is 43.4 Å². The molecule has 2 saturated heterocycles. The second-order valence-electron chi connectivity index (χ2n) is 8.88. The normalized spacial score (nSPS) is 23.0. The zero-order valence-electron chi connectivity index (χ0n) is 18.5. The maximum atomic E-state index is 12.6. The van der Waals surface area contributed by atoms with Crippen molar-refractivity contribution >= 4 is 33.6 Å². The summed E-state index contributed by atoms with van der Waals surface area (Å²) in [6.07, 6.45) is 3.41. The van der Waals surface area contributed by atoms with Gasteiger partial charge in [0.1, 0.15) is 5.82 Å². The summed E-state index contributed by atoms with van der Waals surface area (Å²) in [5, 5.41) is 5.89. The minimum absolute atomic E-state index is 0.0137. The number of halogens is 1. The molecule has 0 aliphatic carbocycles. The van der Waals surface area contributed by atoms with Crippen LogP contribution in [0.15, 0.2) is 22.8 Å². The quantitative estimate of drug-likeness (QED) is 0.573. The number of anilines is 1. The first-order valence-corrected chi connectivity index (χ1v) is 11.9. The highest BCUT2D eigenvalue weighted by Crippen LogP contribution is 2.19. The number of likely N-dealkylation sites (tertiary alicyclic amines) is 1. The summed E-state index contributed by atoms with van der Waals surface area (Å²) in [4.78, 5) is 33.7. The number of morpholine rings is 1. The van der Waals surface area contributed by atoms with Crippen LogP contribution in [0, 0.1) is 11.8 Å². The van der Waals surface area contributed by atoms with E-state index in [1.54, 1.807) is 12.3 Å². The molecule has 9 heteroatoms. The monoisotopic (exact) mass is 495 g/mol. The Bertz CT molecular complexity index is 730. The van der Waals surface area contributed by atoms with E-state index in [0.29, 0.717) is 38.0 Å². The SMILES string of the molecule is CC(C)CN1CCOC(CNC(=O)CN2CCCC(C(=O)Nc3ccc(Br)cn3)C2)C1. The fourth-order valence-corrected chi connectivity index (χ4v) is 4.40. The van der Waals surface area contributed by atoms with Crippen LogP contribution < -0.4 is 10.6 Å². The van der Waals surface area contributed by atoms with E-state index in [1.165, 1.54) is 0 Å². The number of aromatic nitrogens is 1. The van der Waals surface area contributed by atoms with E-state index in [4.69, 9.17) is 4.74 Å². The lowest BCUT2D eigenvalue weighted by atomic mass is 9.97. The van der Waals surface area contributed by atoms with Gasteiger partial charge in [0.15, 0.2) is 0 Å². The first-order valence-electron chi connectivity index (χ1n) is 11.1. The predicted molar refractivity (Wildman–Crippen MR) is 124 cm³/mol. The molecule has 8 nitrogen and oxygen atoms in total. The minimum atomic E-state index is -0.140. The van der Waals surface area contributed by atoms with Crippen LogP contribution in [-0.4, -0.2) is 85.1 Å². The number of amides is 2. The highest BCUT2D eigenvalue weighted by Gasteiger charge is 2.27. The first-order chi connectivity index (χ1) is 14.9. The van der Waals surface area contributed by atoms with Gasteiger partial charge in [-0.1, -0.05) is 13.8 Å². The van der Waals surface area contributed by atoms with Crippen molar-refractivity contribution in [2.24, 2.45) is 11.8 Å². The van der Waals surface area contributed by atoms with Crippen LogP contribution in [0.5, 0.6) is 0 Å². The molecule has 2 unspecified atom stereocenters. The number of ether oxygens (including phenoxy) is 1. The number of hydrogen-bond acceptors (Lipinski definition) is 6. The summed E-state index contributed by atoms with van der Waals surface area (Å²) in [6.45, 7) is 10.3. The molecule has 0 saturated carbocycles. The third-order valence-electron chi connectivity index (χ3n) is 5.60. The molecular formula is C22H34BrN5O3. The van der Waals surface area contributed by atoms with Crippen molar-refractivity contribution in [3.63, 3.8) is 0 Å². The number of piperidine rings is 1. The molecule has 2 aliphatic heterocycles. The van der Waals surface area contributed by atoms with Gasteiger partial charge in [-0.15, -0.1) is 0 Å². The van der Waals surface area contributed by atoms with E-state index < -0.39 is 0 Å². The van der Waals surface area contributed by atoms with Crippen molar-refractivity contribution < 1.29 is 14.3 Å². The molecule has 2 N–H and O–H groups in total. The van der Waals surface area contributed by atoms with Crippen molar-refractivity contribution in [1.29, 1.82) is 0 Å². The molecule has 0 bridgehead atoms. The van der Waals surface area contributed by atoms with E-state index in [0.717, 1.165) is 43.5 Å². The fraction of sp³-hybridized carbons (Fsp3) is 0.682. The van der Waals surface area contributed by atoms with Gasteiger partial charge in [-0.25, -0.2) is 4.98 Å². The number of carbonyl (C=O) groups excluding carboxylic acids is 2. The van der Waals surface area contributed by atoms with Gasteiger partial charge in [-0.3, -0.25) is 19.4 Å². The molecule has 1 aromatic rings. The van der Waals surface area contributed by atoms with Crippen LogP contribution in [0.25, 0.3) is 0 Å². The fourth-order valence-electron chi connectivity index (χ4n) is 4.16. The topological polar surface area (TPSA) is 86.8 Å². The van der Waals surface area contributed by atoms with Gasteiger partial charge in [-0.05, 0) is 53.4 Å². The van der Waals surface area contributed by atoms with Crippen LogP contribution in [-0.2, 0) is 14.3 Å². The minimum Gasteiger partial charge on any atom is -0.374 e. The van der Waals surface area contributed by atoms with E-state index >= 15 is 0 Å². The Morgan fingerprint density at radius 3 is 2.84 bits per heavy atom. The van der Waals surface area contributed by atoms with Crippen molar-refractivity contribution in [1.82, 2.24) is 20.1 Å². The molecule has 1 aromatic heterocycles. The average molecular weight is 496 g/mol. The largest absolute Gasteiger partial charge is 0.374 e. The summed E-state index contributed by atoms with van der Waals surface area (Å²) < 4.78 is 6.68. The van der Waals surface area contributed by atoms with E-state index in [9.17, 15) is 9.59 Å². The molecule has 0 spiro atoms. The standard InChI is InChI=1S/C22H34BrN5O3/c1-16(2)12-28-8-9-31-19(14-28)11-25-21(29)15-27-7-3-4-17(13-27)22(30)26-20-6-5-18(23)10-24-20/h5-6,10,16-17,19H,3-4,7-9,11-15H2,1-2H3,(H,25,29)(H,24,26,30). The number of hydrogen-bond donors (Lipinski definition) is 2. The molecule has 2 fully saturated rings. The van der Waals surface area contributed by atoms with E-state index in [1.807, 2.05) is 6.07 Å². The second-order valence-corrected chi connectivity index (χ2v) is 9.79. The summed E-state index contributed by atoms with van der Waals surface area (Å²) in [6, 6.07) is 3.61. The van der Waals surface area contributed by atoms with Crippen molar-refractivity contribution in [2.45, 2.75) is 32.8 Å². The Kier molecular flexibility index (Phi) is 9.25. The van der Waals surface area contributed by atoms with E-state index in [2.05, 4.69) is 55.2 Å². The lowest BCUT2D eigenvalue weighted by molar-refractivity contribution is -0.126. The molecule has 2 atom stereocenters. The maximum Gasteiger partial charge on any atom is 0.234 e. The van der Waals surface area contributed by atoms with Gasteiger partial charge < -0.3 is 15.4 Å². The van der Waals surface area contributed by atoms with Crippen LogP contribution >= 0.6 is 15.9 Å². The third kappa shape index (κ3) is 8.14. The van der Waals surface area contributed by atoms with E-state index in [-0.39, 0.29) is 23.8 Å². The molecule has 172 valence electrons. The number of carbonyl (C=O) groups is 2. The van der Waals surface area contributed by atoms with Gasteiger partial charge in [0.25, 0.3) is 0 Å². The smallest absolute Gasteiger partial charge is 0.234 e. The maximum absolute atomic E-state index is 12.6. The van der Waals surface area contributed by atoms with Crippen molar-refractivity contribution in [2.75, 3.05) is 57.7 Å². The van der Waals surface area contributed by atoms with Gasteiger partial charge in [0.05, 0.1) is 25.2 Å². The Labute approximate surface area is 193 Å². The highest BCUT2D eigenvalue weighted by atomic mass is 79.9. The highest BCUT2D eigenvalue weighted by molar-refractivity contribution is 9.10. The second kappa shape index (κ2) is 11.9. The predicted octanol–water partition coefficient (Wildman–Crippen LogP) is 1.97. The lowest BCUT2D eigenvalue weighted by Crippen LogP contribution is -2.50. The molecule has 3 rings (SSSR count). The average Bonchev–Trinajstić information content (AvgIpc) is 2.74. The number of pyridine rings is 1. The number of rotatable bonds is 8. The number of nitrogens with zero attached hydrogens (tertiary/aromatic N) is 3. The van der Waals surface area contributed by atoms with Gasteiger partial charge in [-0.2, -0.15) is 0 Å². The Balaban J connectivity index is 1.39. The molecule has 31 heavy (non-hydrogen) atoms. The Morgan fingerprint density at radius 1 is 1.26 bits per heavy atom. The van der Waals surface area contributed by atoms with Crippen molar-refractivity contribution in [3.05, 3.63) is 22.8 Å². The molecule has 2 aliphatic rings. The molecule has 3 heterocycles. The first kappa shape index (κ1) is 24.1. The zero-order valence-corrected chi connectivity index (χ0v) is 20.1. The van der Waals surface area contributed by atoms with Crippen LogP contribution in [0.1, 0.15) is 26.7 Å². The van der Waals surface area contributed by atoms with Crippen molar-refractivity contribution in [3.8, 4) is 0 Å². The molecular weight excluding hydrogens is 462 g/mol. The summed E-state index contributed by atoms with van der Waals surface area (Å²) >= 11 is 3.34. The molecule has 2 amide bonds. The Hall–Kier alpha value is -1.55. The zero-order chi connectivity index (χ0) is 22.2. The van der Waals surface area contributed by atoms with Crippen LogP contribution in [0.4, 0.5) is 5.82 Å². The molecule has 0 radical (unpaired) electrons. The van der Waals surface area contributed by atoms with Gasteiger partial charge >= 0.3 is 0 Å². The summed E-state index contributed by atoms with van der Waals surface area (Å²) in [5.74, 6) is 0.971. The molecule has 0 aromatic carbocycles. The third-order valence-corrected chi connectivity index (χ3v) is 6.06. The summed E-state index contributed by atoms with van der Waals surface area (Å²) in [7, 11) is 0. The lowest BCUT2D eigenvalue weighted by Gasteiger charge is -2.34. The Morgan fingerprint density at radius 2 is 2.10 bits per heavy atom.